The lowest BCUT2D eigenvalue weighted by Gasteiger charge is -2.02. The van der Waals surface area contributed by atoms with Crippen molar-refractivity contribution in [1.82, 2.24) is 9.97 Å². The van der Waals surface area contributed by atoms with Gasteiger partial charge in [-0.3, -0.25) is 4.98 Å². The van der Waals surface area contributed by atoms with E-state index in [1.807, 2.05) is 30.3 Å². The van der Waals surface area contributed by atoms with Crippen LogP contribution in [0.25, 0.3) is 11.3 Å². The van der Waals surface area contributed by atoms with Crippen molar-refractivity contribution in [2.24, 2.45) is 0 Å². The van der Waals surface area contributed by atoms with Gasteiger partial charge in [0.1, 0.15) is 11.8 Å². The summed E-state index contributed by atoms with van der Waals surface area (Å²) in [6.45, 7) is 0. The molecule has 0 fully saturated rings. The first-order valence-corrected chi connectivity index (χ1v) is 4.70. The highest BCUT2D eigenvalue weighted by Crippen LogP contribution is 2.19. The Morgan fingerprint density at radius 2 is 1.94 bits per heavy atom. The summed E-state index contributed by atoms with van der Waals surface area (Å²) in [7, 11) is 1.62. The Bertz CT molecular complexity index is 529. The third kappa shape index (κ3) is 1.98. The molecule has 1 aromatic carbocycles. The molecule has 0 saturated heterocycles. The Labute approximate surface area is 93.2 Å². The van der Waals surface area contributed by atoms with E-state index < -0.39 is 0 Å². The van der Waals surface area contributed by atoms with Crippen LogP contribution in [-0.4, -0.2) is 17.1 Å². The molecule has 0 amide bonds. The van der Waals surface area contributed by atoms with Crippen molar-refractivity contribution in [2.45, 2.75) is 0 Å². The van der Waals surface area contributed by atoms with Crippen molar-refractivity contribution in [1.29, 1.82) is 5.26 Å². The maximum atomic E-state index is 8.72. The van der Waals surface area contributed by atoms with Crippen LogP contribution in [-0.2, 0) is 0 Å². The van der Waals surface area contributed by atoms with Gasteiger partial charge in [0.25, 0.3) is 0 Å². The molecule has 0 bridgehead atoms. The molecule has 0 saturated carbocycles. The minimum Gasteiger partial charge on any atom is -0.497 e. The summed E-state index contributed by atoms with van der Waals surface area (Å²) in [5.74, 6) is 0.785. The molecule has 0 aliphatic carbocycles. The molecule has 1 heterocycles. The highest BCUT2D eigenvalue weighted by molar-refractivity contribution is 5.59. The quantitative estimate of drug-likeness (QED) is 0.762. The van der Waals surface area contributed by atoms with Crippen LogP contribution in [0.1, 0.15) is 5.69 Å². The molecule has 0 aliphatic rings. The van der Waals surface area contributed by atoms with E-state index in [-0.39, 0.29) is 0 Å². The third-order valence-electron chi connectivity index (χ3n) is 2.13. The molecule has 0 unspecified atom stereocenters. The number of nitriles is 1. The largest absolute Gasteiger partial charge is 0.497 e. The van der Waals surface area contributed by atoms with Gasteiger partial charge in [-0.25, -0.2) is 4.98 Å². The van der Waals surface area contributed by atoms with E-state index in [1.54, 1.807) is 13.3 Å². The summed E-state index contributed by atoms with van der Waals surface area (Å²) in [4.78, 5) is 8.11. The van der Waals surface area contributed by atoms with Gasteiger partial charge >= 0.3 is 0 Å². The van der Waals surface area contributed by atoms with E-state index in [1.165, 1.54) is 6.20 Å². The van der Waals surface area contributed by atoms with Crippen LogP contribution in [0.2, 0.25) is 0 Å². The molecule has 0 atom stereocenters. The lowest BCUT2D eigenvalue weighted by atomic mass is 10.1. The van der Waals surface area contributed by atoms with E-state index in [9.17, 15) is 0 Å². The minimum atomic E-state index is 0.313. The van der Waals surface area contributed by atoms with Crippen molar-refractivity contribution < 1.29 is 4.74 Å². The molecular formula is C12H9N3O. The maximum Gasteiger partial charge on any atom is 0.159 e. The van der Waals surface area contributed by atoms with Gasteiger partial charge < -0.3 is 4.74 Å². The Hall–Kier alpha value is -2.41. The second-order valence-electron chi connectivity index (χ2n) is 3.13. The van der Waals surface area contributed by atoms with Crippen LogP contribution in [0, 0.1) is 11.3 Å². The summed E-state index contributed by atoms with van der Waals surface area (Å²) in [5.41, 5.74) is 1.90. The normalized spacial score (nSPS) is 9.50. The molecule has 4 heteroatoms. The highest BCUT2D eigenvalue weighted by atomic mass is 16.5. The number of rotatable bonds is 2. The van der Waals surface area contributed by atoms with E-state index in [2.05, 4.69) is 9.97 Å². The van der Waals surface area contributed by atoms with Crippen LogP contribution in [0.5, 0.6) is 5.75 Å². The molecule has 0 radical (unpaired) electrons. The first-order valence-electron chi connectivity index (χ1n) is 4.70. The Morgan fingerprint density at radius 3 is 2.56 bits per heavy atom. The average Bonchev–Trinajstić information content (AvgIpc) is 2.39. The second-order valence-corrected chi connectivity index (χ2v) is 3.13. The van der Waals surface area contributed by atoms with Crippen LogP contribution < -0.4 is 4.74 Å². The van der Waals surface area contributed by atoms with Crippen molar-refractivity contribution in [3.05, 3.63) is 42.4 Å². The van der Waals surface area contributed by atoms with Gasteiger partial charge in [0.2, 0.25) is 0 Å². The fraction of sp³-hybridized carbons (Fsp3) is 0.0833. The summed E-state index contributed by atoms with van der Waals surface area (Å²) >= 11 is 0. The van der Waals surface area contributed by atoms with Crippen LogP contribution >= 0.6 is 0 Å². The van der Waals surface area contributed by atoms with E-state index in [0.717, 1.165) is 11.3 Å². The zero-order valence-electron chi connectivity index (χ0n) is 8.71. The van der Waals surface area contributed by atoms with Crippen LogP contribution in [0.4, 0.5) is 0 Å². The summed E-state index contributed by atoms with van der Waals surface area (Å²) in [6, 6.07) is 9.41. The summed E-state index contributed by atoms with van der Waals surface area (Å²) in [6.07, 6.45) is 3.07. The Kier molecular flexibility index (Phi) is 2.79. The number of aromatic nitrogens is 2. The Morgan fingerprint density at radius 1 is 1.19 bits per heavy atom. The number of ether oxygens (including phenoxy) is 1. The van der Waals surface area contributed by atoms with Crippen molar-refractivity contribution >= 4 is 0 Å². The van der Waals surface area contributed by atoms with Gasteiger partial charge in [-0.1, -0.05) is 0 Å². The standard InChI is InChI=1S/C12H9N3O/c1-16-11-4-2-9(3-5-11)12-8-14-7-10(6-13)15-12/h2-5,7-8H,1H3. The molecule has 0 N–H and O–H groups in total. The topological polar surface area (TPSA) is 58.8 Å². The number of hydrogen-bond acceptors (Lipinski definition) is 4. The van der Waals surface area contributed by atoms with Gasteiger partial charge in [0.15, 0.2) is 5.69 Å². The van der Waals surface area contributed by atoms with E-state index in [0.29, 0.717) is 11.4 Å². The second kappa shape index (κ2) is 4.41. The lowest BCUT2D eigenvalue weighted by molar-refractivity contribution is 0.415. The molecule has 0 aliphatic heterocycles. The van der Waals surface area contributed by atoms with Gasteiger partial charge in [-0.05, 0) is 24.3 Å². The minimum absolute atomic E-state index is 0.313. The average molecular weight is 211 g/mol. The van der Waals surface area contributed by atoms with Gasteiger partial charge in [-0.15, -0.1) is 0 Å². The molecular weight excluding hydrogens is 202 g/mol. The molecule has 2 aromatic rings. The van der Waals surface area contributed by atoms with E-state index in [4.69, 9.17) is 10.00 Å². The fourth-order valence-corrected chi connectivity index (χ4v) is 1.32. The molecule has 16 heavy (non-hydrogen) atoms. The predicted octanol–water partition coefficient (Wildman–Crippen LogP) is 2.02. The fourth-order valence-electron chi connectivity index (χ4n) is 1.32. The monoisotopic (exact) mass is 211 g/mol. The number of nitrogens with zero attached hydrogens (tertiary/aromatic N) is 3. The molecule has 4 nitrogen and oxygen atoms in total. The molecule has 1 aromatic heterocycles. The summed E-state index contributed by atoms with van der Waals surface area (Å²) in [5, 5.41) is 8.72. The van der Waals surface area contributed by atoms with Crippen molar-refractivity contribution in [3.8, 4) is 23.1 Å². The number of hydrogen-bond donors (Lipinski definition) is 0. The first-order chi connectivity index (χ1) is 7.83. The number of benzene rings is 1. The van der Waals surface area contributed by atoms with Gasteiger partial charge in [0.05, 0.1) is 25.2 Å². The third-order valence-corrected chi connectivity index (χ3v) is 2.13. The summed E-state index contributed by atoms with van der Waals surface area (Å²) < 4.78 is 5.06. The highest BCUT2D eigenvalue weighted by Gasteiger charge is 2.01. The molecule has 78 valence electrons. The predicted molar refractivity (Wildman–Crippen MR) is 58.7 cm³/mol. The maximum absolute atomic E-state index is 8.72. The van der Waals surface area contributed by atoms with Crippen molar-refractivity contribution in [2.75, 3.05) is 7.11 Å². The molecule has 0 spiro atoms. The Balaban J connectivity index is 2.39. The lowest BCUT2D eigenvalue weighted by Crippen LogP contribution is -1.90. The van der Waals surface area contributed by atoms with Crippen molar-refractivity contribution in [3.63, 3.8) is 0 Å². The zero-order chi connectivity index (χ0) is 11.4. The van der Waals surface area contributed by atoms with Crippen LogP contribution in [0.15, 0.2) is 36.7 Å². The van der Waals surface area contributed by atoms with Gasteiger partial charge in [-0.2, -0.15) is 5.26 Å². The van der Waals surface area contributed by atoms with Gasteiger partial charge in [0, 0.05) is 5.56 Å². The zero-order valence-corrected chi connectivity index (χ0v) is 8.71. The smallest absolute Gasteiger partial charge is 0.159 e. The van der Waals surface area contributed by atoms with E-state index >= 15 is 0 Å². The first kappa shape index (κ1) is 10.1. The van der Waals surface area contributed by atoms with Crippen LogP contribution in [0.3, 0.4) is 0 Å². The SMILES string of the molecule is COc1ccc(-c2cncc(C#N)n2)cc1. The number of methoxy groups -OCH3 is 1. The molecule has 2 rings (SSSR count).